The first kappa shape index (κ1) is 17.4. The normalized spacial score (nSPS) is 10.3. The molecule has 0 N–H and O–H groups in total. The molecule has 2 aromatic heterocycles. The molecule has 0 aliphatic carbocycles. The smallest absolute Gasteiger partial charge is 0.338 e. The fourth-order valence-corrected chi connectivity index (χ4v) is 2.71. The maximum Gasteiger partial charge on any atom is 0.338 e. The zero-order chi connectivity index (χ0) is 18.5. The molecule has 0 aliphatic rings. The Morgan fingerprint density at radius 1 is 1.23 bits per heavy atom. The Morgan fingerprint density at radius 3 is 2.81 bits per heavy atom. The van der Waals surface area contributed by atoms with E-state index in [4.69, 9.17) is 14.2 Å². The lowest BCUT2D eigenvalue weighted by Gasteiger charge is -2.11. The van der Waals surface area contributed by atoms with E-state index in [1.165, 1.54) is 7.11 Å². The highest BCUT2D eigenvalue weighted by molar-refractivity contribution is 5.90. The molecule has 6 heteroatoms. The number of fused-ring (bicyclic) bond motifs is 1. The van der Waals surface area contributed by atoms with Crippen LogP contribution >= 0.6 is 0 Å². The zero-order valence-corrected chi connectivity index (χ0v) is 14.6. The molecule has 0 saturated heterocycles. The Balaban J connectivity index is 1.79. The van der Waals surface area contributed by atoms with Crippen LogP contribution in [0.15, 0.2) is 48.8 Å². The van der Waals surface area contributed by atoms with Crippen molar-refractivity contribution in [2.24, 2.45) is 0 Å². The topological polar surface area (TPSA) is 73.0 Å². The second kappa shape index (κ2) is 7.62. The lowest BCUT2D eigenvalue weighted by Crippen LogP contribution is -2.06. The van der Waals surface area contributed by atoms with Crippen LogP contribution in [0.5, 0.6) is 11.5 Å². The molecular formula is C20H18N2O4. The number of esters is 1. The highest BCUT2D eigenvalue weighted by Crippen LogP contribution is 2.28. The van der Waals surface area contributed by atoms with E-state index in [-0.39, 0.29) is 6.61 Å². The van der Waals surface area contributed by atoms with Crippen molar-refractivity contribution in [3.05, 3.63) is 65.5 Å². The number of aromatic nitrogens is 1. The average molecular weight is 350 g/mol. The predicted octanol–water partition coefficient (Wildman–Crippen LogP) is 3.58. The molecule has 3 aromatic rings. The second-order valence-electron chi connectivity index (χ2n) is 5.51. The lowest BCUT2D eigenvalue weighted by atomic mass is 10.2. The molecule has 0 atom stereocenters. The van der Waals surface area contributed by atoms with Gasteiger partial charge in [-0.3, -0.25) is 0 Å². The predicted molar refractivity (Wildman–Crippen MR) is 95.4 cm³/mol. The molecule has 26 heavy (non-hydrogen) atoms. The second-order valence-corrected chi connectivity index (χ2v) is 5.51. The van der Waals surface area contributed by atoms with Gasteiger partial charge >= 0.3 is 5.97 Å². The molecule has 132 valence electrons. The molecule has 0 unspecified atom stereocenters. The standard InChI is InChI=1S/C20H18N2O4/c1-3-25-19-10-14(7-8-18(19)24-2)20(23)26-13-15-12-22-9-5-4-6-17(22)16(15)11-21/h4-10,12H,3,13H2,1-2H3. The Morgan fingerprint density at radius 2 is 2.08 bits per heavy atom. The van der Waals surface area contributed by atoms with E-state index in [1.807, 2.05) is 35.7 Å². The van der Waals surface area contributed by atoms with Crippen LogP contribution in [-0.4, -0.2) is 24.1 Å². The number of nitriles is 1. The van der Waals surface area contributed by atoms with E-state index in [2.05, 4.69) is 6.07 Å². The summed E-state index contributed by atoms with van der Waals surface area (Å²) in [6.07, 6.45) is 3.64. The number of ether oxygens (including phenoxy) is 3. The van der Waals surface area contributed by atoms with Crippen LogP contribution in [0.25, 0.3) is 5.52 Å². The summed E-state index contributed by atoms with van der Waals surface area (Å²) in [7, 11) is 1.54. The number of hydrogen-bond donors (Lipinski definition) is 0. The highest BCUT2D eigenvalue weighted by Gasteiger charge is 2.15. The van der Waals surface area contributed by atoms with Crippen molar-refractivity contribution >= 4 is 11.5 Å². The number of nitrogens with zero attached hydrogens (tertiary/aromatic N) is 2. The highest BCUT2D eigenvalue weighted by atomic mass is 16.5. The van der Waals surface area contributed by atoms with Crippen molar-refractivity contribution in [3.63, 3.8) is 0 Å². The summed E-state index contributed by atoms with van der Waals surface area (Å²) in [6.45, 7) is 2.32. The number of carbonyl (C=O) groups excluding carboxylic acids is 1. The van der Waals surface area contributed by atoms with Crippen molar-refractivity contribution < 1.29 is 19.0 Å². The first-order valence-corrected chi connectivity index (χ1v) is 8.14. The monoisotopic (exact) mass is 350 g/mol. The summed E-state index contributed by atoms with van der Waals surface area (Å²) < 4.78 is 17.9. The van der Waals surface area contributed by atoms with Gasteiger partial charge in [-0.25, -0.2) is 4.79 Å². The van der Waals surface area contributed by atoms with Gasteiger partial charge in [0, 0.05) is 18.0 Å². The maximum absolute atomic E-state index is 12.4. The van der Waals surface area contributed by atoms with Crippen molar-refractivity contribution in [2.75, 3.05) is 13.7 Å². The third kappa shape index (κ3) is 3.33. The van der Waals surface area contributed by atoms with E-state index in [0.29, 0.717) is 34.8 Å². The van der Waals surface area contributed by atoms with E-state index >= 15 is 0 Å². The van der Waals surface area contributed by atoms with Gasteiger partial charge in [0.1, 0.15) is 12.7 Å². The first-order chi connectivity index (χ1) is 12.7. The molecule has 0 bridgehead atoms. The summed E-state index contributed by atoms with van der Waals surface area (Å²) in [5.41, 5.74) is 2.30. The van der Waals surface area contributed by atoms with Crippen LogP contribution < -0.4 is 9.47 Å². The van der Waals surface area contributed by atoms with Crippen molar-refractivity contribution in [3.8, 4) is 17.6 Å². The summed E-state index contributed by atoms with van der Waals surface area (Å²) in [6, 6.07) is 12.6. The third-order valence-electron chi connectivity index (χ3n) is 3.93. The minimum Gasteiger partial charge on any atom is -0.493 e. The molecule has 1 aromatic carbocycles. The summed E-state index contributed by atoms with van der Waals surface area (Å²) in [5.74, 6) is 0.540. The van der Waals surface area contributed by atoms with Gasteiger partial charge in [-0.2, -0.15) is 5.26 Å². The SMILES string of the molecule is CCOc1cc(C(=O)OCc2cn3ccccc3c2C#N)ccc1OC. The first-order valence-electron chi connectivity index (χ1n) is 8.14. The van der Waals surface area contributed by atoms with Crippen LogP contribution in [-0.2, 0) is 11.3 Å². The van der Waals surface area contributed by atoms with Gasteiger partial charge in [-0.15, -0.1) is 0 Å². The minimum atomic E-state index is -0.493. The van der Waals surface area contributed by atoms with Crippen LogP contribution in [0.2, 0.25) is 0 Å². The van der Waals surface area contributed by atoms with Crippen molar-refractivity contribution in [1.29, 1.82) is 5.26 Å². The largest absolute Gasteiger partial charge is 0.493 e. The van der Waals surface area contributed by atoms with Gasteiger partial charge in [0.05, 0.1) is 30.4 Å². The number of methoxy groups -OCH3 is 1. The van der Waals surface area contributed by atoms with Gasteiger partial charge in [-0.1, -0.05) is 6.07 Å². The third-order valence-corrected chi connectivity index (χ3v) is 3.93. The summed E-state index contributed by atoms with van der Waals surface area (Å²) >= 11 is 0. The molecule has 0 aliphatic heterocycles. The molecule has 0 radical (unpaired) electrons. The Bertz CT molecular complexity index is 985. The average Bonchev–Trinajstić information content (AvgIpc) is 3.03. The number of rotatable bonds is 6. The fourth-order valence-electron chi connectivity index (χ4n) is 2.71. The molecule has 3 rings (SSSR count). The van der Waals surface area contributed by atoms with Gasteiger partial charge in [0.2, 0.25) is 0 Å². The quantitative estimate of drug-likeness (QED) is 0.636. The van der Waals surface area contributed by atoms with E-state index < -0.39 is 5.97 Å². The maximum atomic E-state index is 12.4. The number of benzene rings is 1. The van der Waals surface area contributed by atoms with E-state index in [0.717, 1.165) is 5.52 Å². The van der Waals surface area contributed by atoms with Gasteiger partial charge in [0.25, 0.3) is 0 Å². The molecule has 0 amide bonds. The molecule has 2 heterocycles. The Hall–Kier alpha value is -3.46. The molecule has 0 fully saturated rings. The molecule has 6 nitrogen and oxygen atoms in total. The minimum absolute atomic E-state index is 0.0133. The number of carbonyl (C=O) groups is 1. The van der Waals surface area contributed by atoms with Crippen molar-refractivity contribution in [1.82, 2.24) is 4.40 Å². The Labute approximate surface area is 151 Å². The Kier molecular flexibility index (Phi) is 5.09. The molecule has 0 spiro atoms. The number of pyridine rings is 1. The van der Waals surface area contributed by atoms with Crippen LogP contribution in [0.1, 0.15) is 28.4 Å². The van der Waals surface area contributed by atoms with E-state index in [1.54, 1.807) is 24.4 Å². The van der Waals surface area contributed by atoms with E-state index in [9.17, 15) is 10.1 Å². The van der Waals surface area contributed by atoms with Gasteiger partial charge in [-0.05, 0) is 37.3 Å². The fraction of sp³-hybridized carbons (Fsp3) is 0.200. The van der Waals surface area contributed by atoms with Crippen molar-refractivity contribution in [2.45, 2.75) is 13.5 Å². The zero-order valence-electron chi connectivity index (χ0n) is 14.6. The lowest BCUT2D eigenvalue weighted by molar-refractivity contribution is 0.0472. The molecular weight excluding hydrogens is 332 g/mol. The summed E-state index contributed by atoms with van der Waals surface area (Å²) in [5, 5.41) is 9.41. The van der Waals surface area contributed by atoms with Gasteiger partial charge in [0.15, 0.2) is 11.5 Å². The van der Waals surface area contributed by atoms with Crippen LogP contribution in [0.3, 0.4) is 0 Å². The van der Waals surface area contributed by atoms with Crippen LogP contribution in [0.4, 0.5) is 0 Å². The van der Waals surface area contributed by atoms with Crippen LogP contribution in [0, 0.1) is 11.3 Å². The van der Waals surface area contributed by atoms with Gasteiger partial charge < -0.3 is 18.6 Å². The number of hydrogen-bond acceptors (Lipinski definition) is 5. The summed E-state index contributed by atoms with van der Waals surface area (Å²) in [4.78, 5) is 12.4. The molecule has 0 saturated carbocycles.